The molecule has 1 N–H and O–H groups in total. The van der Waals surface area contributed by atoms with Crippen LogP contribution in [0.5, 0.6) is 0 Å². The number of thiophene rings is 1. The summed E-state index contributed by atoms with van der Waals surface area (Å²) in [6, 6.07) is 5.04. The molecule has 0 amide bonds. The third kappa shape index (κ3) is 3.81. The van der Waals surface area contributed by atoms with E-state index in [1.807, 2.05) is 11.3 Å². The van der Waals surface area contributed by atoms with Crippen molar-refractivity contribution < 1.29 is 4.74 Å². The second kappa shape index (κ2) is 6.18. The molecule has 3 rings (SSSR count). The molecule has 0 bridgehead atoms. The van der Waals surface area contributed by atoms with Crippen molar-refractivity contribution in [2.24, 2.45) is 11.8 Å². The van der Waals surface area contributed by atoms with E-state index >= 15 is 0 Å². The Morgan fingerprint density at radius 1 is 1.33 bits per heavy atom. The summed E-state index contributed by atoms with van der Waals surface area (Å²) < 4.78 is 5.67. The van der Waals surface area contributed by atoms with Gasteiger partial charge < -0.3 is 10.1 Å². The van der Waals surface area contributed by atoms with Crippen LogP contribution < -0.4 is 5.32 Å². The maximum Gasteiger partial charge on any atom is 0.0494 e. The van der Waals surface area contributed by atoms with Gasteiger partial charge in [0.2, 0.25) is 0 Å². The lowest BCUT2D eigenvalue weighted by Gasteiger charge is -2.16. The molecule has 0 aliphatic heterocycles. The molecule has 1 aromatic rings. The maximum absolute atomic E-state index is 5.67. The fraction of sp³-hybridized carbons (Fsp3) is 0.733. The summed E-state index contributed by atoms with van der Waals surface area (Å²) in [5, 5.41) is 5.90. The van der Waals surface area contributed by atoms with Gasteiger partial charge in [-0.15, -0.1) is 11.3 Å². The summed E-state index contributed by atoms with van der Waals surface area (Å²) in [5.41, 5.74) is 0. The second-order valence-corrected chi connectivity index (χ2v) is 6.64. The molecule has 100 valence electrons. The number of ether oxygens (including phenoxy) is 1. The van der Waals surface area contributed by atoms with Gasteiger partial charge in [0.15, 0.2) is 0 Å². The van der Waals surface area contributed by atoms with E-state index in [9.17, 15) is 0 Å². The van der Waals surface area contributed by atoms with Gasteiger partial charge in [0.25, 0.3) is 0 Å². The minimum absolute atomic E-state index is 0.605. The lowest BCUT2D eigenvalue weighted by atomic mass is 10.1. The molecular formula is C15H23NOS. The smallest absolute Gasteiger partial charge is 0.0494 e. The van der Waals surface area contributed by atoms with E-state index in [2.05, 4.69) is 22.8 Å². The van der Waals surface area contributed by atoms with E-state index < -0.39 is 0 Å². The Hall–Kier alpha value is -0.380. The Morgan fingerprint density at radius 3 is 2.89 bits per heavy atom. The lowest BCUT2D eigenvalue weighted by molar-refractivity contribution is 0.121. The topological polar surface area (TPSA) is 21.3 Å². The molecule has 0 saturated heterocycles. The molecule has 3 heteroatoms. The van der Waals surface area contributed by atoms with Crippen LogP contribution in [0.4, 0.5) is 0 Å². The third-order valence-electron chi connectivity index (χ3n) is 3.82. The highest BCUT2D eigenvalue weighted by molar-refractivity contribution is 7.10. The summed E-state index contributed by atoms with van der Waals surface area (Å²) in [6.45, 7) is 3.01. The van der Waals surface area contributed by atoms with Crippen molar-refractivity contribution in [3.8, 4) is 0 Å². The minimum atomic E-state index is 0.605. The molecule has 2 saturated carbocycles. The second-order valence-electron chi connectivity index (χ2n) is 5.66. The van der Waals surface area contributed by atoms with Crippen molar-refractivity contribution >= 4 is 11.3 Å². The van der Waals surface area contributed by atoms with Gasteiger partial charge in [0, 0.05) is 24.1 Å². The minimum Gasteiger partial charge on any atom is -0.381 e. The number of hydrogen-bond acceptors (Lipinski definition) is 3. The molecule has 0 spiro atoms. The first-order valence-electron chi connectivity index (χ1n) is 7.28. The highest BCUT2D eigenvalue weighted by atomic mass is 32.1. The fourth-order valence-corrected chi connectivity index (χ4v) is 3.26. The van der Waals surface area contributed by atoms with Crippen LogP contribution in [0.2, 0.25) is 0 Å². The lowest BCUT2D eigenvalue weighted by Crippen LogP contribution is -2.24. The van der Waals surface area contributed by atoms with Gasteiger partial charge in [-0.3, -0.25) is 0 Å². The van der Waals surface area contributed by atoms with Crippen LogP contribution in [0.1, 0.15) is 43.0 Å². The van der Waals surface area contributed by atoms with Gasteiger partial charge >= 0.3 is 0 Å². The average Bonchev–Trinajstić information content (AvgIpc) is 3.29. The zero-order valence-corrected chi connectivity index (χ0v) is 11.8. The largest absolute Gasteiger partial charge is 0.381 e. The Balaban J connectivity index is 1.32. The molecular weight excluding hydrogens is 242 g/mol. The third-order valence-corrected chi connectivity index (χ3v) is 4.78. The highest BCUT2D eigenvalue weighted by Gasteiger charge is 2.32. The monoisotopic (exact) mass is 265 g/mol. The molecule has 1 heterocycles. The van der Waals surface area contributed by atoms with E-state index in [4.69, 9.17) is 4.74 Å². The van der Waals surface area contributed by atoms with Crippen LogP contribution in [0.25, 0.3) is 0 Å². The summed E-state index contributed by atoms with van der Waals surface area (Å²) in [5.74, 6) is 1.78. The molecule has 2 fully saturated rings. The zero-order valence-electron chi connectivity index (χ0n) is 10.9. The van der Waals surface area contributed by atoms with Gasteiger partial charge in [-0.05, 0) is 61.9 Å². The Morgan fingerprint density at radius 2 is 2.22 bits per heavy atom. The molecule has 2 aliphatic rings. The van der Waals surface area contributed by atoms with Crippen LogP contribution in [-0.4, -0.2) is 19.8 Å². The van der Waals surface area contributed by atoms with E-state index in [0.717, 1.165) is 38.0 Å². The van der Waals surface area contributed by atoms with E-state index in [1.54, 1.807) is 0 Å². The van der Waals surface area contributed by atoms with Crippen molar-refractivity contribution in [3.05, 3.63) is 22.4 Å². The summed E-state index contributed by atoms with van der Waals surface area (Å²) in [6.07, 6.45) is 6.71. The Bertz CT molecular complexity index is 343. The predicted octanol–water partition coefficient (Wildman–Crippen LogP) is 3.61. The van der Waals surface area contributed by atoms with Crippen LogP contribution in [-0.2, 0) is 4.74 Å². The molecule has 2 nitrogen and oxygen atoms in total. The molecule has 18 heavy (non-hydrogen) atoms. The molecule has 0 radical (unpaired) electrons. The maximum atomic E-state index is 5.67. The van der Waals surface area contributed by atoms with Gasteiger partial charge in [-0.1, -0.05) is 6.07 Å². The van der Waals surface area contributed by atoms with Crippen molar-refractivity contribution in [2.75, 3.05) is 19.8 Å². The molecule has 2 aliphatic carbocycles. The first-order chi connectivity index (χ1) is 8.93. The SMILES string of the molecule is c1csc(C(NCCCOCC2CC2)C2CC2)c1. The Kier molecular flexibility index (Phi) is 4.34. The van der Waals surface area contributed by atoms with E-state index in [0.29, 0.717) is 6.04 Å². The molecule has 1 aromatic heterocycles. The van der Waals surface area contributed by atoms with Gasteiger partial charge in [-0.25, -0.2) is 0 Å². The number of nitrogens with one attached hydrogen (secondary N) is 1. The summed E-state index contributed by atoms with van der Waals surface area (Å²) in [7, 11) is 0. The van der Waals surface area contributed by atoms with Crippen molar-refractivity contribution in [1.82, 2.24) is 5.32 Å². The standard InChI is InChI=1S/C15H23NOS/c1-3-14(18-10-1)15(13-6-7-13)16-8-2-9-17-11-12-4-5-12/h1,3,10,12-13,15-16H,2,4-9,11H2. The quantitative estimate of drug-likeness (QED) is 0.689. The van der Waals surface area contributed by atoms with E-state index in [1.165, 1.54) is 30.6 Å². The van der Waals surface area contributed by atoms with Crippen LogP contribution in [0, 0.1) is 11.8 Å². The normalized spacial score (nSPS) is 21.1. The van der Waals surface area contributed by atoms with Crippen molar-refractivity contribution in [1.29, 1.82) is 0 Å². The molecule has 1 unspecified atom stereocenters. The summed E-state index contributed by atoms with van der Waals surface area (Å²) in [4.78, 5) is 1.51. The average molecular weight is 265 g/mol. The van der Waals surface area contributed by atoms with Crippen LogP contribution in [0.15, 0.2) is 17.5 Å². The predicted molar refractivity (Wildman–Crippen MR) is 75.9 cm³/mol. The van der Waals surface area contributed by atoms with Gasteiger partial charge in [0.05, 0.1) is 0 Å². The highest BCUT2D eigenvalue weighted by Crippen LogP contribution is 2.42. The first kappa shape index (κ1) is 12.6. The van der Waals surface area contributed by atoms with E-state index in [-0.39, 0.29) is 0 Å². The Labute approximate surface area is 114 Å². The molecule has 0 aromatic carbocycles. The number of rotatable bonds is 9. The zero-order chi connectivity index (χ0) is 12.2. The first-order valence-corrected chi connectivity index (χ1v) is 8.16. The van der Waals surface area contributed by atoms with Gasteiger partial charge in [0.1, 0.15) is 0 Å². The van der Waals surface area contributed by atoms with Crippen LogP contribution in [0.3, 0.4) is 0 Å². The fourth-order valence-electron chi connectivity index (χ4n) is 2.36. The van der Waals surface area contributed by atoms with Crippen molar-refractivity contribution in [2.45, 2.75) is 38.1 Å². The van der Waals surface area contributed by atoms with Crippen LogP contribution >= 0.6 is 11.3 Å². The summed E-state index contributed by atoms with van der Waals surface area (Å²) >= 11 is 1.89. The van der Waals surface area contributed by atoms with Gasteiger partial charge in [-0.2, -0.15) is 0 Å². The molecule has 1 atom stereocenters. The van der Waals surface area contributed by atoms with Crippen molar-refractivity contribution in [3.63, 3.8) is 0 Å². The number of hydrogen-bond donors (Lipinski definition) is 1.